The van der Waals surface area contributed by atoms with Crippen molar-refractivity contribution in [1.82, 2.24) is 5.32 Å². The van der Waals surface area contributed by atoms with E-state index in [0.29, 0.717) is 13.2 Å². The maximum Gasteiger partial charge on any atom is 0.0950 e. The van der Waals surface area contributed by atoms with E-state index in [0.717, 1.165) is 32.7 Å². The fourth-order valence-electron chi connectivity index (χ4n) is 1.99. The molecule has 0 aromatic heterocycles. The minimum Gasteiger partial charge on any atom is -0.385 e. The van der Waals surface area contributed by atoms with E-state index in [-0.39, 0.29) is 6.10 Å². The van der Waals surface area contributed by atoms with Crippen LogP contribution in [0.5, 0.6) is 0 Å². The summed E-state index contributed by atoms with van der Waals surface area (Å²) < 4.78 is 16.5. The van der Waals surface area contributed by atoms with E-state index in [1.807, 2.05) is 0 Å². The Morgan fingerprint density at radius 2 is 1.81 bits per heavy atom. The monoisotopic (exact) mass is 295 g/mol. The molecule has 1 aromatic rings. The van der Waals surface area contributed by atoms with Gasteiger partial charge in [0.05, 0.1) is 19.3 Å². The highest BCUT2D eigenvalue weighted by molar-refractivity contribution is 5.23. The topological polar surface area (TPSA) is 39.7 Å². The van der Waals surface area contributed by atoms with Gasteiger partial charge in [0, 0.05) is 26.9 Å². The minimum atomic E-state index is 0.0770. The van der Waals surface area contributed by atoms with Crippen LogP contribution in [0.4, 0.5) is 0 Å². The molecule has 0 spiro atoms. The number of aryl methyl sites for hydroxylation is 1. The standard InChI is InChI=1S/C17H29NO3/c1-4-18-14-17(16-8-6-15(2)7-9-16)21-13-12-20-11-5-10-19-3/h6-9,17-18H,4-5,10-14H2,1-3H3. The lowest BCUT2D eigenvalue weighted by molar-refractivity contribution is 0.000936. The third-order valence-corrected chi connectivity index (χ3v) is 3.21. The molecule has 1 unspecified atom stereocenters. The van der Waals surface area contributed by atoms with Crippen LogP contribution in [0.3, 0.4) is 0 Å². The molecular weight excluding hydrogens is 266 g/mol. The summed E-state index contributed by atoms with van der Waals surface area (Å²) >= 11 is 0. The van der Waals surface area contributed by atoms with Crippen molar-refractivity contribution in [3.8, 4) is 0 Å². The lowest BCUT2D eigenvalue weighted by atomic mass is 10.1. The van der Waals surface area contributed by atoms with Gasteiger partial charge < -0.3 is 19.5 Å². The number of ether oxygens (including phenoxy) is 3. The molecule has 0 aliphatic rings. The van der Waals surface area contributed by atoms with Crippen LogP contribution in [0.1, 0.15) is 30.6 Å². The molecule has 1 atom stereocenters. The van der Waals surface area contributed by atoms with Gasteiger partial charge in [0.1, 0.15) is 0 Å². The lowest BCUT2D eigenvalue weighted by Crippen LogP contribution is -2.24. The summed E-state index contributed by atoms with van der Waals surface area (Å²) in [6, 6.07) is 8.52. The highest BCUT2D eigenvalue weighted by atomic mass is 16.5. The molecule has 0 fully saturated rings. The van der Waals surface area contributed by atoms with Crippen LogP contribution >= 0.6 is 0 Å². The van der Waals surface area contributed by atoms with E-state index in [4.69, 9.17) is 14.2 Å². The average Bonchev–Trinajstić information content (AvgIpc) is 2.50. The van der Waals surface area contributed by atoms with Crippen molar-refractivity contribution in [2.75, 3.05) is 46.6 Å². The van der Waals surface area contributed by atoms with Gasteiger partial charge >= 0.3 is 0 Å². The predicted octanol–water partition coefficient (Wildman–Crippen LogP) is 2.72. The Hall–Kier alpha value is -0.940. The lowest BCUT2D eigenvalue weighted by Gasteiger charge is -2.19. The third kappa shape index (κ3) is 8.17. The second-order valence-electron chi connectivity index (χ2n) is 5.04. The van der Waals surface area contributed by atoms with Crippen LogP contribution in [0.25, 0.3) is 0 Å². The number of benzene rings is 1. The van der Waals surface area contributed by atoms with Crippen molar-refractivity contribution in [2.45, 2.75) is 26.4 Å². The molecule has 0 saturated heterocycles. The number of hydrogen-bond donors (Lipinski definition) is 1. The second kappa shape index (κ2) is 11.7. The fourth-order valence-corrected chi connectivity index (χ4v) is 1.99. The molecule has 0 aliphatic carbocycles. The van der Waals surface area contributed by atoms with Gasteiger partial charge in [-0.25, -0.2) is 0 Å². The Labute approximate surface area is 128 Å². The van der Waals surface area contributed by atoms with Crippen LogP contribution in [0, 0.1) is 6.92 Å². The van der Waals surface area contributed by atoms with E-state index < -0.39 is 0 Å². The molecule has 1 N–H and O–H groups in total. The number of hydrogen-bond acceptors (Lipinski definition) is 4. The van der Waals surface area contributed by atoms with Gasteiger partial charge in [0.25, 0.3) is 0 Å². The molecule has 1 rings (SSSR count). The van der Waals surface area contributed by atoms with Crippen LogP contribution in [-0.2, 0) is 14.2 Å². The molecule has 1 aromatic carbocycles. The molecule has 0 saturated carbocycles. The molecule has 0 radical (unpaired) electrons. The first-order valence-electron chi connectivity index (χ1n) is 7.73. The zero-order valence-corrected chi connectivity index (χ0v) is 13.6. The van der Waals surface area contributed by atoms with Crippen LogP contribution in [0.2, 0.25) is 0 Å². The maximum absolute atomic E-state index is 5.96. The van der Waals surface area contributed by atoms with Gasteiger partial charge in [0.15, 0.2) is 0 Å². The second-order valence-corrected chi connectivity index (χ2v) is 5.04. The number of rotatable bonds is 12. The summed E-state index contributed by atoms with van der Waals surface area (Å²) in [6.45, 7) is 8.66. The molecule has 0 aliphatic heterocycles. The van der Waals surface area contributed by atoms with E-state index in [9.17, 15) is 0 Å². The third-order valence-electron chi connectivity index (χ3n) is 3.21. The average molecular weight is 295 g/mol. The van der Waals surface area contributed by atoms with E-state index in [1.54, 1.807) is 7.11 Å². The van der Waals surface area contributed by atoms with E-state index in [1.165, 1.54) is 11.1 Å². The Bertz CT molecular complexity index is 354. The van der Waals surface area contributed by atoms with Crippen molar-refractivity contribution in [3.63, 3.8) is 0 Å². The van der Waals surface area contributed by atoms with Gasteiger partial charge in [-0.3, -0.25) is 0 Å². The van der Waals surface area contributed by atoms with Crippen molar-refractivity contribution in [1.29, 1.82) is 0 Å². The SMILES string of the molecule is CCNCC(OCCOCCCOC)c1ccc(C)cc1. The molecule has 21 heavy (non-hydrogen) atoms. The summed E-state index contributed by atoms with van der Waals surface area (Å²) in [7, 11) is 1.70. The highest BCUT2D eigenvalue weighted by Crippen LogP contribution is 2.17. The van der Waals surface area contributed by atoms with E-state index in [2.05, 4.69) is 43.4 Å². The maximum atomic E-state index is 5.96. The molecule has 0 heterocycles. The van der Waals surface area contributed by atoms with Gasteiger partial charge in [-0.05, 0) is 25.5 Å². The molecule has 4 heteroatoms. The zero-order chi connectivity index (χ0) is 15.3. The molecule has 0 amide bonds. The quantitative estimate of drug-likeness (QED) is 0.602. The van der Waals surface area contributed by atoms with E-state index >= 15 is 0 Å². The first-order chi connectivity index (χ1) is 10.3. The fraction of sp³-hybridized carbons (Fsp3) is 0.647. The number of likely N-dealkylation sites (N-methyl/N-ethyl adjacent to an activating group) is 1. The largest absolute Gasteiger partial charge is 0.385 e. The van der Waals surface area contributed by atoms with Gasteiger partial charge in [-0.15, -0.1) is 0 Å². The van der Waals surface area contributed by atoms with Crippen molar-refractivity contribution in [3.05, 3.63) is 35.4 Å². The van der Waals surface area contributed by atoms with Gasteiger partial charge in [0.2, 0.25) is 0 Å². The van der Waals surface area contributed by atoms with Crippen LogP contribution < -0.4 is 5.32 Å². The van der Waals surface area contributed by atoms with Crippen LogP contribution in [-0.4, -0.2) is 46.6 Å². The normalized spacial score (nSPS) is 12.5. The predicted molar refractivity (Wildman–Crippen MR) is 85.7 cm³/mol. The number of methoxy groups -OCH3 is 1. The Morgan fingerprint density at radius 1 is 1.05 bits per heavy atom. The Balaban J connectivity index is 2.31. The number of nitrogens with one attached hydrogen (secondary N) is 1. The molecular formula is C17H29NO3. The van der Waals surface area contributed by atoms with Crippen molar-refractivity contribution in [2.24, 2.45) is 0 Å². The first kappa shape index (κ1) is 18.1. The molecule has 4 nitrogen and oxygen atoms in total. The van der Waals surface area contributed by atoms with Crippen molar-refractivity contribution >= 4 is 0 Å². The minimum absolute atomic E-state index is 0.0770. The van der Waals surface area contributed by atoms with Crippen molar-refractivity contribution < 1.29 is 14.2 Å². The zero-order valence-electron chi connectivity index (χ0n) is 13.6. The summed E-state index contributed by atoms with van der Waals surface area (Å²) in [5.41, 5.74) is 2.48. The Morgan fingerprint density at radius 3 is 2.48 bits per heavy atom. The Kier molecular flexibility index (Phi) is 10.1. The first-order valence-corrected chi connectivity index (χ1v) is 7.73. The van der Waals surface area contributed by atoms with Gasteiger partial charge in [-0.1, -0.05) is 36.8 Å². The molecule has 0 bridgehead atoms. The summed E-state index contributed by atoms with van der Waals surface area (Å²) in [5.74, 6) is 0. The van der Waals surface area contributed by atoms with Crippen LogP contribution in [0.15, 0.2) is 24.3 Å². The van der Waals surface area contributed by atoms with Gasteiger partial charge in [-0.2, -0.15) is 0 Å². The smallest absolute Gasteiger partial charge is 0.0950 e. The molecule has 120 valence electrons. The summed E-state index contributed by atoms with van der Waals surface area (Å²) in [6.07, 6.45) is 1.00. The summed E-state index contributed by atoms with van der Waals surface area (Å²) in [5, 5.41) is 3.35. The highest BCUT2D eigenvalue weighted by Gasteiger charge is 2.11. The summed E-state index contributed by atoms with van der Waals surface area (Å²) in [4.78, 5) is 0.